The maximum absolute atomic E-state index is 5.60. The zero-order chi connectivity index (χ0) is 44.1. The van der Waals surface area contributed by atoms with Crippen molar-refractivity contribution >= 4 is 78.1 Å². The summed E-state index contributed by atoms with van der Waals surface area (Å²) in [5, 5.41) is 9.96. The highest BCUT2D eigenvalue weighted by Gasteiger charge is 2.48. The minimum atomic E-state index is -2.86. The predicted octanol–water partition coefficient (Wildman–Crippen LogP) is 10.9. The predicted molar refractivity (Wildman–Crippen MR) is 278 cm³/mol. The van der Waals surface area contributed by atoms with Crippen molar-refractivity contribution < 1.29 is 0 Å². The Labute approximate surface area is 390 Å². The van der Waals surface area contributed by atoms with E-state index in [0.717, 1.165) is 39.5 Å². The van der Waals surface area contributed by atoms with E-state index in [9.17, 15) is 0 Å². The molecule has 1 saturated heterocycles. The van der Waals surface area contributed by atoms with Crippen LogP contribution >= 0.6 is 0 Å². The fourth-order valence-corrected chi connectivity index (χ4v) is 17.8. The average Bonchev–Trinajstić information content (AvgIpc) is 4.00. The van der Waals surface area contributed by atoms with E-state index >= 15 is 0 Å². The number of benzene rings is 8. The van der Waals surface area contributed by atoms with Gasteiger partial charge in [-0.2, -0.15) is 15.0 Å². The van der Waals surface area contributed by atoms with Gasteiger partial charge in [0, 0.05) is 44.9 Å². The maximum Gasteiger partial charge on any atom is 0.240 e. The second-order valence-electron chi connectivity index (χ2n) is 19.1. The van der Waals surface area contributed by atoms with E-state index in [4.69, 9.17) is 15.0 Å². The van der Waals surface area contributed by atoms with Crippen LogP contribution in [0.25, 0.3) is 66.9 Å². The van der Waals surface area contributed by atoms with E-state index in [-0.39, 0.29) is 0 Å². The Morgan fingerprint density at radius 2 is 0.851 bits per heavy atom. The number of hydrogen-bond acceptors (Lipinski definition) is 4. The summed E-state index contributed by atoms with van der Waals surface area (Å²) < 4.78 is 4.55. The van der Waals surface area contributed by atoms with Crippen LogP contribution in [0.3, 0.4) is 0 Å². The third-order valence-electron chi connectivity index (χ3n) is 15.8. The van der Waals surface area contributed by atoms with Gasteiger partial charge in [0.05, 0.1) is 22.1 Å². The molecule has 14 rings (SSSR count). The molecule has 3 aliphatic rings. The van der Waals surface area contributed by atoms with Crippen molar-refractivity contribution in [2.24, 2.45) is 11.8 Å². The standard InChI is InChI=1S/C60H48N6Si/c1-4-18-46(19-5-1)67(47-20-6-2-7-21-47,48-22-8-3-9-23-48)49-24-16-17-41(38-49)58-61-59(65-54-28-13-10-25-50(54)51-26-11-14-29-55(51)65)63-60(62-58)66-56-30-15-12-27-52(56)53-34-33-44(39-57(53)66)64-43-32-31-40-35-45(64)37-42(40)36-43/h1-30,33-34,38-40,42-43,45H,31-32,35-37H2. The molecule has 0 amide bonds. The first-order valence-corrected chi connectivity index (χ1v) is 26.0. The van der Waals surface area contributed by atoms with Gasteiger partial charge in [0.2, 0.25) is 11.9 Å². The van der Waals surface area contributed by atoms with Crippen molar-refractivity contribution in [1.29, 1.82) is 0 Å². The lowest BCUT2D eigenvalue weighted by Gasteiger charge is -2.44. The zero-order valence-electron chi connectivity index (χ0n) is 37.2. The van der Waals surface area contributed by atoms with Crippen LogP contribution in [0.5, 0.6) is 0 Å². The Morgan fingerprint density at radius 1 is 0.373 bits per heavy atom. The largest absolute Gasteiger partial charge is 0.365 e. The van der Waals surface area contributed by atoms with Gasteiger partial charge in [-0.15, -0.1) is 0 Å². The Kier molecular flexibility index (Phi) is 8.78. The lowest BCUT2D eigenvalue weighted by atomic mass is 9.78. The summed E-state index contributed by atoms with van der Waals surface area (Å²) in [6, 6.07) is 76.9. The van der Waals surface area contributed by atoms with Crippen molar-refractivity contribution in [2.45, 2.75) is 44.2 Å². The first-order valence-electron chi connectivity index (χ1n) is 24.0. The number of anilines is 1. The van der Waals surface area contributed by atoms with Crippen LogP contribution in [0, 0.1) is 11.8 Å². The molecular weight excluding hydrogens is 833 g/mol. The van der Waals surface area contributed by atoms with E-state index in [0.29, 0.717) is 29.8 Å². The number of hydrogen-bond donors (Lipinski definition) is 0. The molecule has 2 saturated carbocycles. The Bertz CT molecular complexity index is 3520. The number of para-hydroxylation sites is 3. The van der Waals surface area contributed by atoms with Gasteiger partial charge in [-0.25, -0.2) is 0 Å². The van der Waals surface area contributed by atoms with Crippen molar-refractivity contribution in [3.63, 3.8) is 0 Å². The van der Waals surface area contributed by atoms with Crippen LogP contribution in [-0.2, 0) is 0 Å². The minimum Gasteiger partial charge on any atom is -0.365 e. The normalized spacial score (nSPS) is 19.0. The van der Waals surface area contributed by atoms with Gasteiger partial charge in [-0.3, -0.25) is 9.13 Å². The minimum absolute atomic E-state index is 0.590. The van der Waals surface area contributed by atoms with Crippen molar-refractivity contribution in [3.05, 3.63) is 206 Å². The smallest absolute Gasteiger partial charge is 0.240 e. The first-order chi connectivity index (χ1) is 33.2. The Morgan fingerprint density at radius 3 is 1.43 bits per heavy atom. The Balaban J connectivity index is 1.04. The Hall–Kier alpha value is -7.61. The molecule has 0 spiro atoms. The fraction of sp³-hybridized carbons (Fsp3) is 0.150. The number of nitrogens with zero attached hydrogens (tertiary/aromatic N) is 6. The van der Waals surface area contributed by atoms with Crippen molar-refractivity contribution in [2.75, 3.05) is 4.90 Å². The third kappa shape index (κ3) is 5.90. The van der Waals surface area contributed by atoms with E-state index < -0.39 is 8.07 Å². The summed E-state index contributed by atoms with van der Waals surface area (Å²) in [4.78, 5) is 19.5. The van der Waals surface area contributed by atoms with E-state index in [1.165, 1.54) is 80.1 Å². The molecule has 67 heavy (non-hydrogen) atoms. The topological polar surface area (TPSA) is 51.8 Å². The van der Waals surface area contributed by atoms with Gasteiger partial charge in [0.15, 0.2) is 13.9 Å². The van der Waals surface area contributed by atoms with Gasteiger partial charge in [0.1, 0.15) is 0 Å². The number of rotatable bonds is 8. The molecule has 11 aromatic rings. The molecule has 322 valence electrons. The molecule has 4 unspecified atom stereocenters. The lowest BCUT2D eigenvalue weighted by molar-refractivity contribution is 0.234. The van der Waals surface area contributed by atoms with E-state index in [1.54, 1.807) is 0 Å². The second-order valence-corrected chi connectivity index (χ2v) is 22.9. The van der Waals surface area contributed by atoms with Crippen LogP contribution in [-0.4, -0.2) is 44.2 Å². The summed E-state index contributed by atoms with van der Waals surface area (Å²) in [7, 11) is -2.86. The van der Waals surface area contributed by atoms with Crippen LogP contribution in [0.4, 0.5) is 5.69 Å². The van der Waals surface area contributed by atoms with Gasteiger partial charge in [0.25, 0.3) is 0 Å². The lowest BCUT2D eigenvalue weighted by Crippen LogP contribution is -2.74. The molecular formula is C60H48N6Si. The molecule has 4 heterocycles. The fourth-order valence-electron chi connectivity index (χ4n) is 13.0. The van der Waals surface area contributed by atoms with Crippen LogP contribution in [0.2, 0.25) is 0 Å². The maximum atomic E-state index is 5.60. The van der Waals surface area contributed by atoms with E-state index in [1.807, 2.05) is 0 Å². The van der Waals surface area contributed by atoms with Gasteiger partial charge < -0.3 is 4.90 Å². The first kappa shape index (κ1) is 38.6. The highest BCUT2D eigenvalue weighted by Crippen LogP contribution is 2.52. The molecule has 4 atom stereocenters. The quantitative estimate of drug-likeness (QED) is 0.113. The number of fused-ring (bicyclic) bond motifs is 8. The molecule has 1 aliphatic heterocycles. The molecule has 3 fully saturated rings. The molecule has 0 radical (unpaired) electrons. The molecule has 3 aromatic heterocycles. The molecule has 3 bridgehead atoms. The van der Waals surface area contributed by atoms with Crippen LogP contribution in [0.15, 0.2) is 206 Å². The summed E-state index contributed by atoms with van der Waals surface area (Å²) in [5.74, 6) is 3.62. The van der Waals surface area contributed by atoms with Crippen molar-refractivity contribution in [3.8, 4) is 23.3 Å². The molecule has 7 heteroatoms. The summed E-state index contributed by atoms with van der Waals surface area (Å²) in [6.07, 6.45) is 6.63. The van der Waals surface area contributed by atoms with Gasteiger partial charge in [-0.05, 0) is 95.0 Å². The van der Waals surface area contributed by atoms with Crippen LogP contribution in [0.1, 0.15) is 32.1 Å². The highest BCUT2D eigenvalue weighted by atomic mass is 28.3. The van der Waals surface area contributed by atoms with Crippen LogP contribution < -0.4 is 25.6 Å². The average molecular weight is 881 g/mol. The number of aromatic nitrogens is 5. The van der Waals surface area contributed by atoms with Gasteiger partial charge in [-0.1, -0.05) is 176 Å². The van der Waals surface area contributed by atoms with Crippen molar-refractivity contribution in [1.82, 2.24) is 24.1 Å². The third-order valence-corrected chi connectivity index (χ3v) is 20.5. The highest BCUT2D eigenvalue weighted by molar-refractivity contribution is 7.19. The summed E-state index contributed by atoms with van der Waals surface area (Å²) in [5.41, 5.74) is 6.59. The molecule has 0 N–H and O–H groups in total. The van der Waals surface area contributed by atoms with E-state index in [2.05, 4.69) is 220 Å². The SMILES string of the molecule is c1ccc([Si](c2ccccc2)(c2ccccc2)c2cccc(-c3nc(-n4c5ccccc5c5ccccc54)nc(-n4c5ccccc5c5ccc(N6C7CCC8CC6CC8C7)cc54)n3)c2)cc1. The monoisotopic (exact) mass is 880 g/mol. The summed E-state index contributed by atoms with van der Waals surface area (Å²) >= 11 is 0. The number of piperidine rings is 1. The molecule has 2 aliphatic carbocycles. The zero-order valence-corrected chi connectivity index (χ0v) is 38.2. The van der Waals surface area contributed by atoms with Gasteiger partial charge >= 0.3 is 0 Å². The molecule has 8 aromatic carbocycles. The summed E-state index contributed by atoms with van der Waals surface area (Å²) in [6.45, 7) is 0. The second kappa shape index (κ2) is 15.2. The molecule has 6 nitrogen and oxygen atoms in total.